The van der Waals surface area contributed by atoms with Gasteiger partial charge in [-0.1, -0.05) is 18.2 Å². The number of halogens is 1. The topological polar surface area (TPSA) is 64.2 Å². The Morgan fingerprint density at radius 1 is 1.12 bits per heavy atom. The number of amides is 1. The minimum Gasteiger partial charge on any atom is -0.465 e. The van der Waals surface area contributed by atoms with Crippen LogP contribution in [0.3, 0.4) is 0 Å². The third kappa shape index (κ3) is 3.74. The highest BCUT2D eigenvalue weighted by molar-refractivity contribution is 9.10. The highest BCUT2D eigenvalue weighted by Gasteiger charge is 2.19. The van der Waals surface area contributed by atoms with Crippen LogP contribution in [0.25, 0.3) is 0 Å². The maximum atomic E-state index is 12.4. The van der Waals surface area contributed by atoms with Crippen LogP contribution < -0.4 is 10.9 Å². The number of hydrogen-bond donors (Lipinski definition) is 1. The van der Waals surface area contributed by atoms with Crippen LogP contribution in [0.2, 0.25) is 0 Å². The van der Waals surface area contributed by atoms with Gasteiger partial charge in [0.2, 0.25) is 0 Å². The molecule has 2 aromatic heterocycles. The van der Waals surface area contributed by atoms with Gasteiger partial charge in [-0.15, -0.1) is 0 Å². The quantitative estimate of drug-likeness (QED) is 0.715. The molecule has 6 heteroatoms. The van der Waals surface area contributed by atoms with Crippen molar-refractivity contribution in [1.29, 1.82) is 0 Å². The summed E-state index contributed by atoms with van der Waals surface area (Å²) in [6, 6.07) is 12.5. The standard InChI is InChI=1S/C19H17BrN2O3/c1-12-17(18(20)13(2)25-12)19(24)21-15-8-6-14(7-9-15)11-22-10-4-3-5-16(22)23/h3-10H,11H2,1-2H3,(H,21,24). The molecule has 0 saturated heterocycles. The first-order valence-corrected chi connectivity index (χ1v) is 8.56. The Kier molecular flexibility index (Phi) is 4.90. The Bertz CT molecular complexity index is 971. The molecule has 0 saturated carbocycles. The second-order valence-corrected chi connectivity index (χ2v) is 6.51. The van der Waals surface area contributed by atoms with Gasteiger partial charge in [-0.2, -0.15) is 0 Å². The number of rotatable bonds is 4. The molecule has 3 rings (SSSR count). The number of anilines is 1. The molecule has 1 N–H and O–H groups in total. The van der Waals surface area contributed by atoms with Gasteiger partial charge in [0.05, 0.1) is 16.6 Å². The lowest BCUT2D eigenvalue weighted by atomic mass is 10.2. The number of nitrogens with one attached hydrogen (secondary N) is 1. The SMILES string of the molecule is Cc1oc(C)c(C(=O)Nc2ccc(Cn3ccccc3=O)cc2)c1Br. The smallest absolute Gasteiger partial charge is 0.260 e. The summed E-state index contributed by atoms with van der Waals surface area (Å²) in [5.41, 5.74) is 2.11. The van der Waals surface area contributed by atoms with E-state index in [1.807, 2.05) is 30.3 Å². The number of nitrogens with zero attached hydrogens (tertiary/aromatic N) is 1. The molecule has 2 heterocycles. The van der Waals surface area contributed by atoms with E-state index in [0.29, 0.717) is 33.8 Å². The lowest BCUT2D eigenvalue weighted by molar-refractivity contribution is 0.102. The summed E-state index contributed by atoms with van der Waals surface area (Å²) in [4.78, 5) is 24.2. The number of carbonyl (C=O) groups excluding carboxylic acids is 1. The molecule has 0 atom stereocenters. The van der Waals surface area contributed by atoms with Crippen LogP contribution in [-0.2, 0) is 6.54 Å². The molecule has 0 aliphatic heterocycles. The number of pyridine rings is 1. The zero-order valence-electron chi connectivity index (χ0n) is 13.9. The lowest BCUT2D eigenvalue weighted by Crippen LogP contribution is -2.18. The van der Waals surface area contributed by atoms with Crippen molar-refractivity contribution in [2.75, 3.05) is 5.32 Å². The van der Waals surface area contributed by atoms with Gasteiger partial charge in [-0.05, 0) is 53.5 Å². The van der Waals surface area contributed by atoms with Crippen molar-refractivity contribution in [2.24, 2.45) is 0 Å². The number of aryl methyl sites for hydroxylation is 2. The van der Waals surface area contributed by atoms with E-state index in [4.69, 9.17) is 4.42 Å². The van der Waals surface area contributed by atoms with Crippen molar-refractivity contribution in [2.45, 2.75) is 20.4 Å². The minimum absolute atomic E-state index is 0.0458. The number of benzene rings is 1. The molecule has 0 aliphatic carbocycles. The molecule has 5 nitrogen and oxygen atoms in total. The van der Waals surface area contributed by atoms with E-state index < -0.39 is 0 Å². The van der Waals surface area contributed by atoms with Crippen LogP contribution in [0.15, 0.2) is 62.3 Å². The fourth-order valence-corrected chi connectivity index (χ4v) is 3.13. The predicted molar refractivity (Wildman–Crippen MR) is 100 cm³/mol. The molecule has 25 heavy (non-hydrogen) atoms. The summed E-state index contributed by atoms with van der Waals surface area (Å²) in [5, 5.41) is 2.86. The third-order valence-corrected chi connectivity index (χ3v) is 4.83. The molecule has 1 amide bonds. The molecular weight excluding hydrogens is 384 g/mol. The molecule has 1 aromatic carbocycles. The van der Waals surface area contributed by atoms with Crippen LogP contribution in [0.5, 0.6) is 0 Å². The van der Waals surface area contributed by atoms with Crippen LogP contribution in [-0.4, -0.2) is 10.5 Å². The summed E-state index contributed by atoms with van der Waals surface area (Å²) in [6.45, 7) is 4.04. The summed E-state index contributed by atoms with van der Waals surface area (Å²) in [5.74, 6) is 1.02. The van der Waals surface area contributed by atoms with Gasteiger partial charge in [0.25, 0.3) is 11.5 Å². The Hall–Kier alpha value is -2.60. The predicted octanol–water partition coefficient (Wildman–Crippen LogP) is 4.12. The Morgan fingerprint density at radius 3 is 2.44 bits per heavy atom. The molecule has 0 unspecified atom stereocenters. The summed E-state index contributed by atoms with van der Waals surface area (Å²) in [7, 11) is 0. The number of carbonyl (C=O) groups is 1. The zero-order chi connectivity index (χ0) is 18.0. The van der Waals surface area contributed by atoms with Crippen molar-refractivity contribution in [3.05, 3.63) is 86.1 Å². The van der Waals surface area contributed by atoms with Gasteiger partial charge >= 0.3 is 0 Å². The van der Waals surface area contributed by atoms with E-state index in [0.717, 1.165) is 5.56 Å². The fourth-order valence-electron chi connectivity index (χ4n) is 2.59. The molecule has 0 radical (unpaired) electrons. The maximum absolute atomic E-state index is 12.4. The van der Waals surface area contributed by atoms with Gasteiger partial charge in [0.15, 0.2) is 0 Å². The van der Waals surface area contributed by atoms with Crippen molar-refractivity contribution in [1.82, 2.24) is 4.57 Å². The molecular formula is C19H17BrN2O3. The van der Waals surface area contributed by atoms with Gasteiger partial charge in [0.1, 0.15) is 11.5 Å². The van der Waals surface area contributed by atoms with Crippen LogP contribution >= 0.6 is 15.9 Å². The van der Waals surface area contributed by atoms with Crippen LogP contribution in [0, 0.1) is 13.8 Å². The molecule has 0 fully saturated rings. The summed E-state index contributed by atoms with van der Waals surface area (Å²) >= 11 is 3.38. The van der Waals surface area contributed by atoms with Crippen molar-refractivity contribution in [3.63, 3.8) is 0 Å². The Balaban J connectivity index is 1.73. The first kappa shape index (κ1) is 17.2. The summed E-state index contributed by atoms with van der Waals surface area (Å²) < 4.78 is 7.76. The minimum atomic E-state index is -0.228. The number of hydrogen-bond acceptors (Lipinski definition) is 3. The van der Waals surface area contributed by atoms with Crippen LogP contribution in [0.4, 0.5) is 5.69 Å². The highest BCUT2D eigenvalue weighted by Crippen LogP contribution is 2.28. The lowest BCUT2D eigenvalue weighted by Gasteiger charge is -2.08. The average Bonchev–Trinajstić information content (AvgIpc) is 2.84. The van der Waals surface area contributed by atoms with E-state index in [1.54, 1.807) is 30.7 Å². The molecule has 0 bridgehead atoms. The van der Waals surface area contributed by atoms with E-state index in [2.05, 4.69) is 21.2 Å². The van der Waals surface area contributed by atoms with Crippen molar-refractivity contribution >= 4 is 27.5 Å². The van der Waals surface area contributed by atoms with Gasteiger partial charge in [0, 0.05) is 18.0 Å². The Morgan fingerprint density at radius 2 is 1.84 bits per heavy atom. The maximum Gasteiger partial charge on any atom is 0.260 e. The average molecular weight is 401 g/mol. The molecule has 128 valence electrons. The summed E-state index contributed by atoms with van der Waals surface area (Å²) in [6.07, 6.45) is 1.75. The second kappa shape index (κ2) is 7.11. The normalized spacial score (nSPS) is 10.7. The number of aromatic nitrogens is 1. The molecule has 3 aromatic rings. The number of furan rings is 1. The largest absolute Gasteiger partial charge is 0.465 e. The van der Waals surface area contributed by atoms with Gasteiger partial charge < -0.3 is 14.3 Å². The van der Waals surface area contributed by atoms with Crippen molar-refractivity contribution in [3.8, 4) is 0 Å². The monoisotopic (exact) mass is 400 g/mol. The Labute approximate surface area is 153 Å². The van der Waals surface area contributed by atoms with E-state index >= 15 is 0 Å². The second-order valence-electron chi connectivity index (χ2n) is 5.72. The van der Waals surface area contributed by atoms with Crippen molar-refractivity contribution < 1.29 is 9.21 Å². The zero-order valence-corrected chi connectivity index (χ0v) is 15.5. The first-order valence-electron chi connectivity index (χ1n) is 7.77. The first-order chi connectivity index (χ1) is 12.0. The van der Waals surface area contributed by atoms with E-state index in [1.165, 1.54) is 6.07 Å². The molecule has 0 spiro atoms. The van der Waals surface area contributed by atoms with E-state index in [-0.39, 0.29) is 11.5 Å². The molecule has 0 aliphatic rings. The highest BCUT2D eigenvalue weighted by atomic mass is 79.9. The fraction of sp³-hybridized carbons (Fsp3) is 0.158. The third-order valence-electron chi connectivity index (χ3n) is 3.88. The van der Waals surface area contributed by atoms with Gasteiger partial charge in [-0.3, -0.25) is 9.59 Å². The van der Waals surface area contributed by atoms with Crippen LogP contribution in [0.1, 0.15) is 27.4 Å². The van der Waals surface area contributed by atoms with E-state index in [9.17, 15) is 9.59 Å². The van der Waals surface area contributed by atoms with Gasteiger partial charge in [-0.25, -0.2) is 0 Å².